The summed E-state index contributed by atoms with van der Waals surface area (Å²) in [4.78, 5) is 34.9. The number of carboxylic acids is 1. The molecule has 1 amide bonds. The van der Waals surface area contributed by atoms with Crippen molar-refractivity contribution < 1.29 is 24.2 Å². The fourth-order valence-corrected chi connectivity index (χ4v) is 1.93. The summed E-state index contributed by atoms with van der Waals surface area (Å²) >= 11 is 0. The number of ether oxygens (including phenoxy) is 1. The lowest BCUT2D eigenvalue weighted by atomic mass is 9.98. The maximum Gasteiger partial charge on any atom is 0.310 e. The zero-order valence-corrected chi connectivity index (χ0v) is 9.85. The molecule has 1 atom stereocenters. The van der Waals surface area contributed by atoms with Crippen molar-refractivity contribution in [1.82, 2.24) is 4.90 Å². The quantitative estimate of drug-likeness (QED) is 0.716. The van der Waals surface area contributed by atoms with Gasteiger partial charge in [0.2, 0.25) is 5.91 Å². The molecule has 6 nitrogen and oxygen atoms in total. The highest BCUT2D eigenvalue weighted by Gasteiger charge is 2.28. The Kier molecular flexibility index (Phi) is 4.93. The van der Waals surface area contributed by atoms with Gasteiger partial charge >= 0.3 is 11.9 Å². The van der Waals surface area contributed by atoms with Crippen LogP contribution in [0.1, 0.15) is 25.7 Å². The second kappa shape index (κ2) is 6.22. The molecule has 1 N–H and O–H groups in total. The molecule has 17 heavy (non-hydrogen) atoms. The van der Waals surface area contributed by atoms with E-state index in [0.717, 1.165) is 12.8 Å². The molecule has 0 aliphatic carbocycles. The van der Waals surface area contributed by atoms with Gasteiger partial charge in [-0.2, -0.15) is 0 Å². The Hall–Kier alpha value is -1.59. The van der Waals surface area contributed by atoms with Crippen molar-refractivity contribution in [2.75, 3.05) is 20.2 Å². The summed E-state index contributed by atoms with van der Waals surface area (Å²) in [7, 11) is 1.33. The van der Waals surface area contributed by atoms with Crippen LogP contribution in [0.4, 0.5) is 0 Å². The van der Waals surface area contributed by atoms with Gasteiger partial charge in [-0.15, -0.1) is 0 Å². The number of amides is 1. The van der Waals surface area contributed by atoms with Gasteiger partial charge in [-0.05, 0) is 12.8 Å². The van der Waals surface area contributed by atoms with E-state index in [1.165, 1.54) is 7.11 Å². The van der Waals surface area contributed by atoms with Crippen molar-refractivity contribution in [2.45, 2.75) is 25.7 Å². The number of carbonyl (C=O) groups excluding carboxylic acids is 2. The number of piperidine rings is 1. The highest BCUT2D eigenvalue weighted by atomic mass is 16.5. The number of carbonyl (C=O) groups is 3. The largest absolute Gasteiger partial charge is 0.481 e. The third-order valence-electron chi connectivity index (χ3n) is 2.86. The van der Waals surface area contributed by atoms with Gasteiger partial charge in [0.15, 0.2) is 0 Å². The smallest absolute Gasteiger partial charge is 0.310 e. The molecule has 0 spiro atoms. The van der Waals surface area contributed by atoms with E-state index in [2.05, 4.69) is 4.74 Å². The van der Waals surface area contributed by atoms with Crippen LogP contribution in [-0.2, 0) is 19.1 Å². The average molecular weight is 243 g/mol. The van der Waals surface area contributed by atoms with Gasteiger partial charge in [0, 0.05) is 19.5 Å². The van der Waals surface area contributed by atoms with Gasteiger partial charge in [0.05, 0.1) is 19.4 Å². The lowest BCUT2D eigenvalue weighted by molar-refractivity contribution is -0.149. The molecule has 0 bridgehead atoms. The minimum Gasteiger partial charge on any atom is -0.481 e. The second-order valence-corrected chi connectivity index (χ2v) is 4.10. The van der Waals surface area contributed by atoms with Crippen LogP contribution in [0.15, 0.2) is 0 Å². The molecule has 1 aliphatic heterocycles. The van der Waals surface area contributed by atoms with E-state index in [-0.39, 0.29) is 30.6 Å². The van der Waals surface area contributed by atoms with Crippen molar-refractivity contribution in [3.8, 4) is 0 Å². The number of hydrogen-bond donors (Lipinski definition) is 1. The minimum atomic E-state index is -0.986. The van der Waals surface area contributed by atoms with E-state index in [1.54, 1.807) is 4.90 Å². The predicted octanol–water partition coefficient (Wildman–Crippen LogP) is 0.263. The summed E-state index contributed by atoms with van der Waals surface area (Å²) < 4.78 is 4.64. The van der Waals surface area contributed by atoms with Gasteiger partial charge in [0.25, 0.3) is 0 Å². The molecule has 1 rings (SSSR count). The molecule has 96 valence electrons. The number of rotatable bonds is 4. The molecule has 1 fully saturated rings. The van der Waals surface area contributed by atoms with Crippen molar-refractivity contribution in [2.24, 2.45) is 5.92 Å². The first kappa shape index (κ1) is 13.5. The summed E-state index contributed by atoms with van der Waals surface area (Å²) in [6, 6.07) is 0. The van der Waals surface area contributed by atoms with E-state index < -0.39 is 5.97 Å². The average Bonchev–Trinajstić information content (AvgIpc) is 2.35. The Morgan fingerprint density at radius 2 is 2.06 bits per heavy atom. The maximum absolute atomic E-state index is 11.7. The van der Waals surface area contributed by atoms with Crippen LogP contribution in [-0.4, -0.2) is 48.1 Å². The highest BCUT2D eigenvalue weighted by Crippen LogP contribution is 2.18. The molecule has 0 radical (unpaired) electrons. The van der Waals surface area contributed by atoms with Crippen LogP contribution < -0.4 is 0 Å². The lowest BCUT2D eigenvalue weighted by Crippen LogP contribution is -2.42. The third kappa shape index (κ3) is 4.05. The summed E-state index contributed by atoms with van der Waals surface area (Å²) in [6.07, 6.45) is 1.29. The highest BCUT2D eigenvalue weighted by molar-refractivity contribution is 5.81. The molecule has 1 heterocycles. The molecule has 0 aromatic heterocycles. The summed E-state index contributed by atoms with van der Waals surface area (Å²) in [5, 5.41) is 8.49. The molecule has 1 unspecified atom stereocenters. The first-order valence-corrected chi connectivity index (χ1v) is 5.62. The van der Waals surface area contributed by atoms with E-state index in [9.17, 15) is 14.4 Å². The van der Waals surface area contributed by atoms with Crippen molar-refractivity contribution in [3.05, 3.63) is 0 Å². The zero-order valence-electron chi connectivity index (χ0n) is 9.85. The number of carboxylic acid groups (broad SMARTS) is 1. The maximum atomic E-state index is 11.7. The normalized spacial score (nSPS) is 19.8. The van der Waals surface area contributed by atoms with Crippen LogP contribution in [0.5, 0.6) is 0 Å². The first-order chi connectivity index (χ1) is 8.04. The molecule has 0 aromatic rings. The van der Waals surface area contributed by atoms with Crippen molar-refractivity contribution in [3.63, 3.8) is 0 Å². The number of methoxy groups -OCH3 is 1. The first-order valence-electron chi connectivity index (χ1n) is 5.62. The Bertz CT molecular complexity index is 315. The Labute approximate surface area is 99.5 Å². The molecule has 1 aliphatic rings. The van der Waals surface area contributed by atoms with E-state index in [0.29, 0.717) is 13.1 Å². The van der Waals surface area contributed by atoms with Crippen LogP contribution in [0.2, 0.25) is 0 Å². The van der Waals surface area contributed by atoms with Crippen LogP contribution in [0.3, 0.4) is 0 Å². The van der Waals surface area contributed by atoms with Gasteiger partial charge in [-0.25, -0.2) is 0 Å². The van der Waals surface area contributed by atoms with Crippen LogP contribution in [0, 0.1) is 5.92 Å². The monoisotopic (exact) mass is 243 g/mol. The van der Waals surface area contributed by atoms with Crippen LogP contribution >= 0.6 is 0 Å². The van der Waals surface area contributed by atoms with E-state index in [4.69, 9.17) is 5.11 Å². The van der Waals surface area contributed by atoms with Gasteiger partial charge in [-0.1, -0.05) is 0 Å². The fraction of sp³-hybridized carbons (Fsp3) is 0.727. The number of likely N-dealkylation sites (tertiary alicyclic amines) is 1. The Morgan fingerprint density at radius 3 is 2.65 bits per heavy atom. The van der Waals surface area contributed by atoms with Crippen molar-refractivity contribution >= 4 is 17.8 Å². The Balaban J connectivity index is 2.45. The zero-order chi connectivity index (χ0) is 12.8. The minimum absolute atomic E-state index is 0.0107. The molecular formula is C11H17NO5. The van der Waals surface area contributed by atoms with Gasteiger partial charge in [-0.3, -0.25) is 14.4 Å². The third-order valence-corrected chi connectivity index (χ3v) is 2.86. The molecular weight excluding hydrogens is 226 g/mol. The summed E-state index contributed by atoms with van der Waals surface area (Å²) in [5.41, 5.74) is 0. The van der Waals surface area contributed by atoms with Crippen LogP contribution in [0.25, 0.3) is 0 Å². The SMILES string of the molecule is COC(=O)C1CCCN(C(=O)CCC(=O)O)C1. The molecule has 6 heteroatoms. The van der Waals surface area contributed by atoms with Crippen molar-refractivity contribution in [1.29, 1.82) is 0 Å². The summed E-state index contributed by atoms with van der Waals surface area (Å²) in [5.74, 6) is -1.77. The fourth-order valence-electron chi connectivity index (χ4n) is 1.93. The number of esters is 1. The number of aliphatic carboxylic acids is 1. The van der Waals surface area contributed by atoms with E-state index >= 15 is 0 Å². The lowest BCUT2D eigenvalue weighted by Gasteiger charge is -2.31. The Morgan fingerprint density at radius 1 is 1.35 bits per heavy atom. The number of hydrogen-bond acceptors (Lipinski definition) is 4. The van der Waals surface area contributed by atoms with E-state index in [1.807, 2.05) is 0 Å². The van der Waals surface area contributed by atoms with Gasteiger partial charge in [0.1, 0.15) is 0 Å². The van der Waals surface area contributed by atoms with Gasteiger partial charge < -0.3 is 14.7 Å². The topological polar surface area (TPSA) is 83.9 Å². The standard InChI is InChI=1S/C11H17NO5/c1-17-11(16)8-3-2-6-12(7-8)9(13)4-5-10(14)15/h8H,2-7H2,1H3,(H,14,15). The second-order valence-electron chi connectivity index (χ2n) is 4.10. The molecule has 0 aromatic carbocycles. The number of nitrogens with zero attached hydrogens (tertiary/aromatic N) is 1. The predicted molar refractivity (Wildman–Crippen MR) is 58.2 cm³/mol. The molecule has 1 saturated heterocycles. The molecule has 0 saturated carbocycles. The summed E-state index contributed by atoms with van der Waals surface area (Å²) in [6.45, 7) is 0.928.